The van der Waals surface area contributed by atoms with Crippen LogP contribution in [-0.2, 0) is 14.8 Å². The van der Waals surface area contributed by atoms with Gasteiger partial charge in [-0.25, -0.2) is 8.42 Å². The first kappa shape index (κ1) is 17.3. The van der Waals surface area contributed by atoms with E-state index in [1.165, 1.54) is 25.2 Å². The molecule has 0 saturated heterocycles. The van der Waals surface area contributed by atoms with Crippen LogP contribution in [0.25, 0.3) is 0 Å². The molecule has 0 fully saturated rings. The highest BCUT2D eigenvalue weighted by Gasteiger charge is 2.14. The lowest BCUT2D eigenvalue weighted by Gasteiger charge is -2.10. The SMILES string of the molecule is CNC(=O)c1cc(NS(=O)(=O)CCCC(=O)O)ccc1Cl. The first-order valence-electron chi connectivity index (χ1n) is 5.99. The lowest BCUT2D eigenvalue weighted by atomic mass is 10.2. The van der Waals surface area contributed by atoms with Crippen LogP contribution in [0.4, 0.5) is 5.69 Å². The van der Waals surface area contributed by atoms with Crippen molar-refractivity contribution in [2.45, 2.75) is 12.8 Å². The van der Waals surface area contributed by atoms with Crippen LogP contribution in [0, 0.1) is 0 Å². The van der Waals surface area contributed by atoms with Gasteiger partial charge in [-0.1, -0.05) is 11.6 Å². The molecule has 0 atom stereocenters. The van der Waals surface area contributed by atoms with Gasteiger partial charge in [-0.3, -0.25) is 14.3 Å². The van der Waals surface area contributed by atoms with Crippen LogP contribution in [-0.4, -0.2) is 38.2 Å². The van der Waals surface area contributed by atoms with E-state index in [0.717, 1.165) is 0 Å². The number of benzene rings is 1. The molecule has 1 aromatic rings. The largest absolute Gasteiger partial charge is 0.481 e. The van der Waals surface area contributed by atoms with E-state index in [4.69, 9.17) is 16.7 Å². The quantitative estimate of drug-likeness (QED) is 0.695. The molecule has 0 aromatic heterocycles. The number of halogens is 1. The molecule has 21 heavy (non-hydrogen) atoms. The van der Waals surface area contributed by atoms with Crippen LogP contribution < -0.4 is 10.0 Å². The van der Waals surface area contributed by atoms with Crippen LogP contribution in [0.15, 0.2) is 18.2 Å². The minimum atomic E-state index is -3.68. The van der Waals surface area contributed by atoms with Crippen LogP contribution >= 0.6 is 11.6 Å². The Hall–Kier alpha value is -1.80. The number of amides is 1. The zero-order valence-electron chi connectivity index (χ0n) is 11.2. The summed E-state index contributed by atoms with van der Waals surface area (Å²) in [6, 6.07) is 4.14. The first-order valence-corrected chi connectivity index (χ1v) is 8.02. The first-order chi connectivity index (χ1) is 9.75. The molecule has 1 amide bonds. The lowest BCUT2D eigenvalue weighted by Crippen LogP contribution is -2.20. The number of carboxylic acid groups (broad SMARTS) is 1. The van der Waals surface area contributed by atoms with Gasteiger partial charge in [-0.2, -0.15) is 0 Å². The molecule has 0 saturated carbocycles. The third kappa shape index (κ3) is 5.60. The molecule has 0 unspecified atom stereocenters. The summed E-state index contributed by atoms with van der Waals surface area (Å²) in [6.45, 7) is 0. The van der Waals surface area contributed by atoms with Gasteiger partial charge in [-0.15, -0.1) is 0 Å². The van der Waals surface area contributed by atoms with Crippen LogP contribution in [0.1, 0.15) is 23.2 Å². The zero-order valence-corrected chi connectivity index (χ0v) is 12.8. The minimum Gasteiger partial charge on any atom is -0.481 e. The van der Waals surface area contributed by atoms with Crippen molar-refractivity contribution in [2.24, 2.45) is 0 Å². The van der Waals surface area contributed by atoms with Crippen molar-refractivity contribution in [3.63, 3.8) is 0 Å². The summed E-state index contributed by atoms with van der Waals surface area (Å²) in [4.78, 5) is 21.9. The second-order valence-corrected chi connectivity index (χ2v) is 6.44. The molecule has 1 aromatic carbocycles. The van der Waals surface area contributed by atoms with Gasteiger partial charge in [-0.05, 0) is 24.6 Å². The fraction of sp³-hybridized carbons (Fsp3) is 0.333. The second kappa shape index (κ2) is 7.28. The number of hydrogen-bond donors (Lipinski definition) is 3. The number of sulfonamides is 1. The summed E-state index contributed by atoms with van der Waals surface area (Å²) >= 11 is 5.86. The van der Waals surface area contributed by atoms with E-state index in [9.17, 15) is 18.0 Å². The summed E-state index contributed by atoms with van der Waals surface area (Å²) in [6.07, 6.45) is -0.231. The van der Waals surface area contributed by atoms with Crippen LogP contribution in [0.2, 0.25) is 5.02 Å². The highest BCUT2D eigenvalue weighted by molar-refractivity contribution is 7.92. The van der Waals surface area contributed by atoms with Gasteiger partial charge in [0.05, 0.1) is 16.3 Å². The molecular formula is C12H15ClN2O5S. The number of anilines is 1. The average molecular weight is 335 g/mol. The van der Waals surface area contributed by atoms with Crippen molar-refractivity contribution >= 4 is 39.2 Å². The van der Waals surface area contributed by atoms with Crippen molar-refractivity contribution in [1.29, 1.82) is 0 Å². The Morgan fingerprint density at radius 2 is 2.00 bits per heavy atom. The molecule has 0 aliphatic rings. The molecule has 1 rings (SSSR count). The van der Waals surface area contributed by atoms with Gasteiger partial charge in [0.25, 0.3) is 5.91 Å². The van der Waals surface area contributed by atoms with Gasteiger partial charge in [0, 0.05) is 19.2 Å². The zero-order chi connectivity index (χ0) is 16.0. The van der Waals surface area contributed by atoms with Crippen molar-refractivity contribution in [2.75, 3.05) is 17.5 Å². The van der Waals surface area contributed by atoms with Gasteiger partial charge in [0.15, 0.2) is 0 Å². The normalized spacial score (nSPS) is 11.0. The number of carboxylic acids is 1. The Labute approximate surface area is 127 Å². The predicted molar refractivity (Wildman–Crippen MR) is 79.1 cm³/mol. The van der Waals surface area contributed by atoms with E-state index in [1.54, 1.807) is 0 Å². The molecule has 0 radical (unpaired) electrons. The number of aliphatic carboxylic acids is 1. The van der Waals surface area contributed by atoms with Crippen molar-refractivity contribution in [1.82, 2.24) is 5.32 Å². The van der Waals surface area contributed by atoms with Crippen LogP contribution in [0.5, 0.6) is 0 Å². The molecule has 116 valence electrons. The molecule has 0 bridgehead atoms. The monoisotopic (exact) mass is 334 g/mol. The third-order valence-electron chi connectivity index (χ3n) is 2.52. The molecule has 0 aliphatic carbocycles. The Morgan fingerprint density at radius 1 is 1.33 bits per heavy atom. The maximum atomic E-state index is 11.8. The molecule has 7 nitrogen and oxygen atoms in total. The number of nitrogens with one attached hydrogen (secondary N) is 2. The maximum Gasteiger partial charge on any atom is 0.303 e. The fourth-order valence-corrected chi connectivity index (χ4v) is 2.86. The smallest absolute Gasteiger partial charge is 0.303 e. The van der Waals surface area contributed by atoms with Gasteiger partial charge >= 0.3 is 5.97 Å². The van der Waals surface area contributed by atoms with Crippen LogP contribution in [0.3, 0.4) is 0 Å². The number of carbonyl (C=O) groups excluding carboxylic acids is 1. The van der Waals surface area contributed by atoms with E-state index in [2.05, 4.69) is 10.0 Å². The van der Waals surface area contributed by atoms with Crippen molar-refractivity contribution in [3.05, 3.63) is 28.8 Å². The Morgan fingerprint density at radius 3 is 2.57 bits per heavy atom. The van der Waals surface area contributed by atoms with E-state index in [-0.39, 0.29) is 34.9 Å². The van der Waals surface area contributed by atoms with E-state index in [0.29, 0.717) is 0 Å². The van der Waals surface area contributed by atoms with Crippen molar-refractivity contribution < 1.29 is 23.1 Å². The van der Waals surface area contributed by atoms with Gasteiger partial charge in [0.2, 0.25) is 10.0 Å². The molecular weight excluding hydrogens is 320 g/mol. The topological polar surface area (TPSA) is 113 Å². The number of rotatable bonds is 7. The molecule has 0 aliphatic heterocycles. The predicted octanol–water partition coefficient (Wildman–Crippen LogP) is 1.31. The standard InChI is InChI=1S/C12H15ClN2O5S/c1-14-12(18)9-7-8(4-5-10(9)13)15-21(19,20)6-2-3-11(16)17/h4-5,7,15H,2-3,6H2,1H3,(H,14,18)(H,16,17). The highest BCUT2D eigenvalue weighted by Crippen LogP contribution is 2.21. The molecule has 0 heterocycles. The van der Waals surface area contributed by atoms with E-state index < -0.39 is 21.9 Å². The summed E-state index contributed by atoms with van der Waals surface area (Å²) in [5, 5.41) is 11.1. The Bertz CT molecular complexity index is 645. The number of carbonyl (C=O) groups is 2. The second-order valence-electron chi connectivity index (χ2n) is 4.19. The average Bonchev–Trinajstić information content (AvgIpc) is 2.39. The Balaban J connectivity index is 2.83. The van der Waals surface area contributed by atoms with Gasteiger partial charge in [0.1, 0.15) is 0 Å². The third-order valence-corrected chi connectivity index (χ3v) is 4.22. The molecule has 3 N–H and O–H groups in total. The summed E-state index contributed by atoms with van der Waals surface area (Å²) in [7, 11) is -2.25. The van der Waals surface area contributed by atoms with Crippen molar-refractivity contribution in [3.8, 4) is 0 Å². The molecule has 0 spiro atoms. The molecule has 9 heteroatoms. The maximum absolute atomic E-state index is 11.8. The highest BCUT2D eigenvalue weighted by atomic mass is 35.5. The van der Waals surface area contributed by atoms with E-state index in [1.807, 2.05) is 0 Å². The summed E-state index contributed by atoms with van der Waals surface area (Å²) in [5.74, 6) is -1.82. The van der Waals surface area contributed by atoms with E-state index >= 15 is 0 Å². The van der Waals surface area contributed by atoms with Gasteiger partial charge < -0.3 is 10.4 Å². The summed E-state index contributed by atoms with van der Waals surface area (Å²) in [5.41, 5.74) is 0.332. The lowest BCUT2D eigenvalue weighted by molar-refractivity contribution is -0.137. The summed E-state index contributed by atoms with van der Waals surface area (Å²) < 4.78 is 25.8. The Kier molecular flexibility index (Phi) is 5.98. The fourth-order valence-electron chi connectivity index (χ4n) is 1.54. The minimum absolute atomic E-state index is 0.000555. The number of hydrogen-bond acceptors (Lipinski definition) is 4.